The number of hydrogen-bond acceptors (Lipinski definition) is 4. The van der Waals surface area contributed by atoms with Crippen molar-refractivity contribution in [2.24, 2.45) is 5.92 Å². The van der Waals surface area contributed by atoms with Gasteiger partial charge in [0.2, 0.25) is 11.8 Å². The Morgan fingerprint density at radius 2 is 1.89 bits per heavy atom. The molecular weight excluding hydrogens is 344 g/mol. The third-order valence-corrected chi connectivity index (χ3v) is 5.67. The summed E-state index contributed by atoms with van der Waals surface area (Å²) in [6, 6.07) is 7.54. The van der Waals surface area contributed by atoms with Gasteiger partial charge >= 0.3 is 0 Å². The van der Waals surface area contributed by atoms with Gasteiger partial charge in [-0.2, -0.15) is 0 Å². The predicted octanol–water partition coefficient (Wildman–Crippen LogP) is 1.90. The Kier molecular flexibility index (Phi) is 6.72. The zero-order valence-electron chi connectivity index (χ0n) is 16.0. The van der Waals surface area contributed by atoms with E-state index in [1.165, 1.54) is 5.56 Å². The van der Waals surface area contributed by atoms with Crippen molar-refractivity contribution in [1.82, 2.24) is 10.2 Å². The second kappa shape index (κ2) is 9.22. The molecule has 0 unspecified atom stereocenters. The van der Waals surface area contributed by atoms with Gasteiger partial charge in [-0.1, -0.05) is 12.1 Å². The van der Waals surface area contributed by atoms with Crippen molar-refractivity contribution in [2.45, 2.75) is 57.1 Å². The van der Waals surface area contributed by atoms with Crippen LogP contribution in [0.5, 0.6) is 5.75 Å². The third kappa shape index (κ3) is 5.22. The molecule has 27 heavy (non-hydrogen) atoms. The SMILES string of the molecule is COc1ccc(CCCC(=O)N[C@H]2C[C@H](C(=O)N3CCCC3)C[C@@H]2O)cc1. The van der Waals surface area contributed by atoms with E-state index in [1.807, 2.05) is 29.2 Å². The maximum atomic E-state index is 12.5. The van der Waals surface area contributed by atoms with Crippen molar-refractivity contribution in [1.29, 1.82) is 0 Å². The molecule has 1 saturated heterocycles. The van der Waals surface area contributed by atoms with Gasteiger partial charge in [0.15, 0.2) is 0 Å². The quantitative estimate of drug-likeness (QED) is 0.764. The number of methoxy groups -OCH3 is 1. The molecule has 2 aliphatic rings. The minimum absolute atomic E-state index is 0.0539. The summed E-state index contributed by atoms with van der Waals surface area (Å²) in [5.74, 6) is 0.747. The van der Waals surface area contributed by atoms with E-state index < -0.39 is 6.10 Å². The molecule has 2 N–H and O–H groups in total. The van der Waals surface area contributed by atoms with E-state index in [2.05, 4.69) is 5.32 Å². The molecule has 6 nitrogen and oxygen atoms in total. The van der Waals surface area contributed by atoms with Crippen LogP contribution in [0, 0.1) is 5.92 Å². The van der Waals surface area contributed by atoms with Crippen LogP contribution in [0.15, 0.2) is 24.3 Å². The number of carbonyl (C=O) groups excluding carboxylic acids is 2. The largest absolute Gasteiger partial charge is 0.497 e. The lowest BCUT2D eigenvalue weighted by Crippen LogP contribution is -2.40. The number of benzene rings is 1. The van der Waals surface area contributed by atoms with Crippen LogP contribution in [-0.2, 0) is 16.0 Å². The maximum absolute atomic E-state index is 12.5. The monoisotopic (exact) mass is 374 g/mol. The average Bonchev–Trinajstić information content (AvgIpc) is 3.32. The molecule has 148 valence electrons. The molecule has 1 saturated carbocycles. The molecule has 2 fully saturated rings. The molecular formula is C21H30N2O4. The summed E-state index contributed by atoms with van der Waals surface area (Å²) in [7, 11) is 1.64. The summed E-state index contributed by atoms with van der Waals surface area (Å²) in [5, 5.41) is 13.2. The number of aliphatic hydroxyl groups is 1. The highest BCUT2D eigenvalue weighted by molar-refractivity contribution is 5.80. The first-order chi connectivity index (χ1) is 13.1. The van der Waals surface area contributed by atoms with Crippen molar-refractivity contribution < 1.29 is 19.4 Å². The predicted molar refractivity (Wildman–Crippen MR) is 102 cm³/mol. The van der Waals surface area contributed by atoms with E-state index in [4.69, 9.17) is 4.74 Å². The van der Waals surface area contributed by atoms with Crippen molar-refractivity contribution in [3.8, 4) is 5.75 Å². The van der Waals surface area contributed by atoms with Gasteiger partial charge in [0.25, 0.3) is 0 Å². The third-order valence-electron chi connectivity index (χ3n) is 5.67. The van der Waals surface area contributed by atoms with Crippen molar-refractivity contribution in [2.75, 3.05) is 20.2 Å². The highest BCUT2D eigenvalue weighted by Crippen LogP contribution is 2.29. The van der Waals surface area contributed by atoms with E-state index in [1.54, 1.807) is 7.11 Å². The summed E-state index contributed by atoms with van der Waals surface area (Å²) in [5.41, 5.74) is 1.17. The molecule has 0 spiro atoms. The van der Waals surface area contributed by atoms with Crippen LogP contribution < -0.4 is 10.1 Å². The summed E-state index contributed by atoms with van der Waals surface area (Å²) in [4.78, 5) is 26.6. The van der Waals surface area contributed by atoms with Gasteiger partial charge in [-0.15, -0.1) is 0 Å². The summed E-state index contributed by atoms with van der Waals surface area (Å²) in [6.07, 6.45) is 4.47. The Morgan fingerprint density at radius 3 is 2.56 bits per heavy atom. The van der Waals surface area contributed by atoms with Gasteiger partial charge in [0.1, 0.15) is 5.75 Å². The minimum Gasteiger partial charge on any atom is -0.497 e. The summed E-state index contributed by atoms with van der Waals surface area (Å²) in [6.45, 7) is 1.65. The molecule has 0 radical (unpaired) electrons. The molecule has 3 rings (SSSR count). The summed E-state index contributed by atoms with van der Waals surface area (Å²) < 4.78 is 5.14. The van der Waals surface area contributed by atoms with Crippen molar-refractivity contribution >= 4 is 11.8 Å². The number of likely N-dealkylation sites (tertiary alicyclic amines) is 1. The maximum Gasteiger partial charge on any atom is 0.225 e. The lowest BCUT2D eigenvalue weighted by Gasteiger charge is -2.19. The van der Waals surface area contributed by atoms with Crippen LogP contribution >= 0.6 is 0 Å². The molecule has 1 heterocycles. The molecule has 0 aromatic heterocycles. The Morgan fingerprint density at radius 1 is 1.19 bits per heavy atom. The zero-order chi connectivity index (χ0) is 19.2. The number of aryl methyl sites for hydroxylation is 1. The average molecular weight is 374 g/mol. The number of carbonyl (C=O) groups is 2. The molecule has 1 aromatic carbocycles. The van der Waals surface area contributed by atoms with Crippen LogP contribution in [0.1, 0.15) is 44.1 Å². The molecule has 1 aliphatic heterocycles. The zero-order valence-corrected chi connectivity index (χ0v) is 16.0. The fraction of sp³-hybridized carbons (Fsp3) is 0.619. The number of nitrogens with zero attached hydrogens (tertiary/aromatic N) is 1. The lowest BCUT2D eigenvalue weighted by atomic mass is 10.1. The van der Waals surface area contributed by atoms with Crippen LogP contribution in [0.4, 0.5) is 0 Å². The van der Waals surface area contributed by atoms with Gasteiger partial charge in [-0.05, 0) is 56.2 Å². The van der Waals surface area contributed by atoms with Gasteiger partial charge < -0.3 is 20.1 Å². The molecule has 6 heteroatoms. The van der Waals surface area contributed by atoms with Gasteiger partial charge in [0.05, 0.1) is 19.3 Å². The van der Waals surface area contributed by atoms with Gasteiger partial charge in [-0.3, -0.25) is 9.59 Å². The number of amides is 2. The van der Waals surface area contributed by atoms with E-state index in [0.29, 0.717) is 19.3 Å². The molecule has 1 aliphatic carbocycles. The molecule has 3 atom stereocenters. The van der Waals surface area contributed by atoms with Crippen LogP contribution in [0.3, 0.4) is 0 Å². The van der Waals surface area contributed by atoms with Crippen LogP contribution in [0.2, 0.25) is 0 Å². The molecule has 0 bridgehead atoms. The fourth-order valence-electron chi connectivity index (χ4n) is 4.09. The molecule has 2 amide bonds. The fourth-order valence-corrected chi connectivity index (χ4v) is 4.09. The van der Waals surface area contributed by atoms with Crippen LogP contribution in [0.25, 0.3) is 0 Å². The first-order valence-corrected chi connectivity index (χ1v) is 9.96. The first-order valence-electron chi connectivity index (χ1n) is 9.96. The van der Waals surface area contributed by atoms with Gasteiger partial charge in [-0.25, -0.2) is 0 Å². The summed E-state index contributed by atoms with van der Waals surface area (Å²) >= 11 is 0. The second-order valence-corrected chi connectivity index (χ2v) is 7.64. The van der Waals surface area contributed by atoms with E-state index >= 15 is 0 Å². The highest BCUT2D eigenvalue weighted by Gasteiger charge is 2.39. The second-order valence-electron chi connectivity index (χ2n) is 7.64. The standard InChI is InChI=1S/C21H30N2O4/c1-27-17-9-7-15(8-10-17)5-4-6-20(25)22-18-13-16(14-19(18)24)21(26)23-11-2-3-12-23/h7-10,16,18-19,24H,2-6,11-14H2,1H3,(H,22,25)/t16-,18-,19-/m0/s1. The lowest BCUT2D eigenvalue weighted by molar-refractivity contribution is -0.134. The molecule has 1 aromatic rings. The topological polar surface area (TPSA) is 78.9 Å². The van der Waals surface area contributed by atoms with Crippen LogP contribution in [-0.4, -0.2) is 54.2 Å². The Labute approximate surface area is 160 Å². The first kappa shape index (κ1) is 19.7. The Hall–Kier alpha value is -2.08. The number of hydrogen-bond donors (Lipinski definition) is 2. The minimum atomic E-state index is -0.632. The van der Waals surface area contributed by atoms with Crippen molar-refractivity contribution in [3.05, 3.63) is 29.8 Å². The highest BCUT2D eigenvalue weighted by atomic mass is 16.5. The number of nitrogens with one attached hydrogen (secondary N) is 1. The number of rotatable bonds is 7. The Balaban J connectivity index is 1.40. The van der Waals surface area contributed by atoms with E-state index in [9.17, 15) is 14.7 Å². The van der Waals surface area contributed by atoms with E-state index in [0.717, 1.165) is 44.5 Å². The van der Waals surface area contributed by atoms with Gasteiger partial charge in [0, 0.05) is 25.4 Å². The smallest absolute Gasteiger partial charge is 0.225 e. The Bertz CT molecular complexity index is 640. The van der Waals surface area contributed by atoms with E-state index in [-0.39, 0.29) is 23.8 Å². The normalized spacial score (nSPS) is 24.8. The van der Waals surface area contributed by atoms with Crippen molar-refractivity contribution in [3.63, 3.8) is 0 Å². The number of aliphatic hydroxyl groups excluding tert-OH is 1. The number of ether oxygens (including phenoxy) is 1.